The van der Waals surface area contributed by atoms with E-state index >= 15 is 0 Å². The molecule has 2 heterocycles. The molecule has 24 heavy (non-hydrogen) atoms. The number of aryl methyl sites for hydroxylation is 4. The lowest BCUT2D eigenvalue weighted by Gasteiger charge is -1.95. The molecule has 0 bridgehead atoms. The molecule has 2 aromatic heterocycles. The van der Waals surface area contributed by atoms with Gasteiger partial charge in [-0.15, -0.1) is 0 Å². The molecule has 0 aliphatic carbocycles. The van der Waals surface area contributed by atoms with Gasteiger partial charge in [0, 0.05) is 6.92 Å². The van der Waals surface area contributed by atoms with Crippen LogP contribution in [0.5, 0.6) is 0 Å². The van der Waals surface area contributed by atoms with Crippen molar-refractivity contribution in [2.24, 2.45) is 7.05 Å². The van der Waals surface area contributed by atoms with Gasteiger partial charge in [0.15, 0.2) is 0 Å². The SMILES string of the molecule is CCCCn1cc[n+](C)c1C.CCCCn1cc[n+](CCCC)c1. The van der Waals surface area contributed by atoms with E-state index < -0.39 is 0 Å². The van der Waals surface area contributed by atoms with Gasteiger partial charge in [-0.3, -0.25) is 0 Å². The van der Waals surface area contributed by atoms with Crippen LogP contribution in [0.1, 0.15) is 65.1 Å². The third kappa shape index (κ3) is 7.33. The number of hydrogen-bond donors (Lipinski definition) is 0. The van der Waals surface area contributed by atoms with Gasteiger partial charge in [-0.2, -0.15) is 0 Å². The molecule has 0 unspecified atom stereocenters. The third-order valence-corrected chi connectivity index (χ3v) is 4.43. The normalized spacial score (nSPS) is 10.5. The Kier molecular flexibility index (Phi) is 10.1. The zero-order chi connectivity index (χ0) is 17.8. The van der Waals surface area contributed by atoms with Crippen LogP contribution in [0.2, 0.25) is 0 Å². The summed E-state index contributed by atoms with van der Waals surface area (Å²) in [7, 11) is 2.08. The molecule has 2 aromatic rings. The van der Waals surface area contributed by atoms with Crippen molar-refractivity contribution in [1.82, 2.24) is 9.13 Å². The molecule has 0 spiro atoms. The predicted molar refractivity (Wildman–Crippen MR) is 99.7 cm³/mol. The Morgan fingerprint density at radius 1 is 0.875 bits per heavy atom. The summed E-state index contributed by atoms with van der Waals surface area (Å²) < 4.78 is 9.00. The lowest BCUT2D eigenvalue weighted by molar-refractivity contribution is -0.696. The summed E-state index contributed by atoms with van der Waals surface area (Å²) >= 11 is 0. The van der Waals surface area contributed by atoms with E-state index in [2.05, 4.69) is 84.1 Å². The van der Waals surface area contributed by atoms with Gasteiger partial charge < -0.3 is 0 Å². The van der Waals surface area contributed by atoms with Crippen LogP contribution in [0, 0.1) is 6.92 Å². The Labute approximate surface area is 148 Å². The van der Waals surface area contributed by atoms with Crippen molar-refractivity contribution in [2.45, 2.75) is 85.9 Å². The third-order valence-electron chi connectivity index (χ3n) is 4.43. The van der Waals surface area contributed by atoms with Crippen molar-refractivity contribution < 1.29 is 9.13 Å². The van der Waals surface area contributed by atoms with Crippen LogP contribution in [0.25, 0.3) is 0 Å². The minimum Gasteiger partial charge on any atom is -0.237 e. The van der Waals surface area contributed by atoms with Gasteiger partial charge in [-0.25, -0.2) is 18.3 Å². The number of rotatable bonds is 9. The van der Waals surface area contributed by atoms with Gasteiger partial charge in [0.25, 0.3) is 5.82 Å². The fourth-order valence-electron chi connectivity index (χ4n) is 2.55. The number of unbranched alkanes of at least 4 members (excludes halogenated alkanes) is 3. The number of aromatic nitrogens is 4. The molecule has 0 amide bonds. The van der Waals surface area contributed by atoms with E-state index in [9.17, 15) is 0 Å². The molecule has 4 heteroatoms. The zero-order valence-corrected chi connectivity index (χ0v) is 16.5. The lowest BCUT2D eigenvalue weighted by Crippen LogP contribution is -2.30. The summed E-state index contributed by atoms with van der Waals surface area (Å²) in [5.41, 5.74) is 0. The molecule has 0 fully saturated rings. The first-order valence-corrected chi connectivity index (χ1v) is 9.68. The number of hydrogen-bond acceptors (Lipinski definition) is 0. The quantitative estimate of drug-likeness (QED) is 0.621. The summed E-state index contributed by atoms with van der Waals surface area (Å²) in [6.07, 6.45) is 18.4. The molecule has 0 atom stereocenters. The lowest BCUT2D eigenvalue weighted by atomic mass is 10.3. The van der Waals surface area contributed by atoms with Crippen LogP contribution >= 0.6 is 0 Å². The minimum atomic E-state index is 1.16. The Bertz CT molecular complexity index is 531. The molecule has 0 N–H and O–H groups in total. The first-order valence-electron chi connectivity index (χ1n) is 9.68. The highest BCUT2D eigenvalue weighted by Crippen LogP contribution is 1.97. The maximum absolute atomic E-state index is 2.30. The molecule has 0 saturated heterocycles. The molecular weight excluding hydrogens is 296 g/mol. The van der Waals surface area contributed by atoms with Crippen molar-refractivity contribution in [1.29, 1.82) is 0 Å². The Hall–Kier alpha value is -1.58. The maximum atomic E-state index is 2.30. The molecule has 4 nitrogen and oxygen atoms in total. The molecule has 0 radical (unpaired) electrons. The van der Waals surface area contributed by atoms with E-state index in [-0.39, 0.29) is 0 Å². The van der Waals surface area contributed by atoms with Crippen molar-refractivity contribution in [3.05, 3.63) is 36.9 Å². The monoisotopic (exact) mass is 334 g/mol. The molecular formula is C20H38N4+2. The molecule has 136 valence electrons. The highest BCUT2D eigenvalue weighted by atomic mass is 15.1. The van der Waals surface area contributed by atoms with Crippen LogP contribution < -0.4 is 9.13 Å². The largest absolute Gasteiger partial charge is 0.253 e. The van der Waals surface area contributed by atoms with Gasteiger partial charge in [0.1, 0.15) is 24.8 Å². The Balaban J connectivity index is 0.000000243. The summed E-state index contributed by atoms with van der Waals surface area (Å²) in [5.74, 6) is 1.33. The standard InChI is InChI=1S/C11H21N2.C9H17N2/c1-3-5-7-12-9-10-13(11-12)8-6-4-2;1-4-5-6-11-8-7-10(3)9(11)2/h9-11H,3-8H2,1-2H3;7-8H,4-6H2,1-3H3/q2*+1. The van der Waals surface area contributed by atoms with Crippen LogP contribution in [-0.4, -0.2) is 9.13 Å². The second kappa shape index (κ2) is 11.9. The Morgan fingerprint density at radius 2 is 1.54 bits per heavy atom. The van der Waals surface area contributed by atoms with Gasteiger partial charge in [0.05, 0.1) is 26.7 Å². The minimum absolute atomic E-state index is 1.16. The fraction of sp³-hybridized carbons (Fsp3) is 0.700. The first-order chi connectivity index (χ1) is 11.6. The van der Waals surface area contributed by atoms with E-state index in [4.69, 9.17) is 0 Å². The smallest absolute Gasteiger partial charge is 0.237 e. The van der Waals surface area contributed by atoms with Crippen molar-refractivity contribution in [2.75, 3.05) is 0 Å². The predicted octanol–water partition coefficient (Wildman–Crippen LogP) is 3.80. The van der Waals surface area contributed by atoms with E-state index in [0.717, 1.165) is 19.6 Å². The number of imidazole rings is 2. The zero-order valence-electron chi connectivity index (χ0n) is 16.5. The van der Waals surface area contributed by atoms with Crippen LogP contribution in [0.3, 0.4) is 0 Å². The summed E-state index contributed by atoms with van der Waals surface area (Å²) in [4.78, 5) is 0. The van der Waals surface area contributed by atoms with E-state index in [0.29, 0.717) is 0 Å². The number of nitrogens with zero attached hydrogens (tertiary/aromatic N) is 4. The van der Waals surface area contributed by atoms with Crippen LogP contribution in [0.15, 0.2) is 31.1 Å². The molecule has 2 rings (SSSR count). The van der Waals surface area contributed by atoms with Crippen molar-refractivity contribution in [3.8, 4) is 0 Å². The topological polar surface area (TPSA) is 17.6 Å². The van der Waals surface area contributed by atoms with E-state index in [1.54, 1.807) is 0 Å². The maximum Gasteiger partial charge on any atom is 0.253 e. The molecule has 0 aliphatic heterocycles. The van der Waals surface area contributed by atoms with E-state index in [1.165, 1.54) is 44.3 Å². The summed E-state index contributed by atoms with van der Waals surface area (Å²) in [6.45, 7) is 12.3. The molecule has 0 aliphatic rings. The first kappa shape index (κ1) is 20.5. The van der Waals surface area contributed by atoms with Crippen molar-refractivity contribution in [3.63, 3.8) is 0 Å². The van der Waals surface area contributed by atoms with Gasteiger partial charge in [-0.05, 0) is 19.3 Å². The molecule has 0 aromatic carbocycles. The summed E-state index contributed by atoms with van der Waals surface area (Å²) in [5, 5.41) is 0. The van der Waals surface area contributed by atoms with Gasteiger partial charge in [0.2, 0.25) is 6.33 Å². The highest BCUT2D eigenvalue weighted by molar-refractivity contribution is 4.78. The molecule has 0 saturated carbocycles. The van der Waals surface area contributed by atoms with E-state index in [1.807, 2.05) is 0 Å². The fourth-order valence-corrected chi connectivity index (χ4v) is 2.55. The van der Waals surface area contributed by atoms with Crippen LogP contribution in [0.4, 0.5) is 0 Å². The van der Waals surface area contributed by atoms with Gasteiger partial charge in [-0.1, -0.05) is 40.0 Å². The average molecular weight is 335 g/mol. The Morgan fingerprint density at radius 3 is 2.12 bits per heavy atom. The van der Waals surface area contributed by atoms with Crippen LogP contribution in [-0.2, 0) is 26.7 Å². The highest BCUT2D eigenvalue weighted by Gasteiger charge is 2.06. The second-order valence-corrected chi connectivity index (χ2v) is 6.60. The second-order valence-electron chi connectivity index (χ2n) is 6.60. The van der Waals surface area contributed by atoms with Crippen molar-refractivity contribution >= 4 is 0 Å². The van der Waals surface area contributed by atoms with Gasteiger partial charge >= 0.3 is 0 Å². The average Bonchev–Trinajstić information content (AvgIpc) is 3.17. The summed E-state index contributed by atoms with van der Waals surface area (Å²) in [6, 6.07) is 0.